The van der Waals surface area contributed by atoms with Crippen molar-refractivity contribution in [2.24, 2.45) is 5.92 Å². The fourth-order valence-corrected chi connectivity index (χ4v) is 3.38. The monoisotopic (exact) mass is 324 g/mol. The molecule has 4 rings (SSSR count). The Hall–Kier alpha value is -2.06. The van der Waals surface area contributed by atoms with Gasteiger partial charge in [0.15, 0.2) is 0 Å². The van der Waals surface area contributed by atoms with Gasteiger partial charge in [0.05, 0.1) is 11.0 Å². The van der Waals surface area contributed by atoms with E-state index in [9.17, 15) is 0 Å². The van der Waals surface area contributed by atoms with Crippen LogP contribution in [0.1, 0.15) is 31.5 Å². The molecule has 0 atom stereocenters. The molecule has 3 aromatic rings. The number of benzene rings is 2. The van der Waals surface area contributed by atoms with Gasteiger partial charge >= 0.3 is 0 Å². The fraction of sp³-hybridized carbons (Fsp3) is 0.250. The van der Waals surface area contributed by atoms with E-state index in [4.69, 9.17) is 4.98 Å². The summed E-state index contributed by atoms with van der Waals surface area (Å²) >= 11 is 0. The van der Waals surface area contributed by atoms with Crippen LogP contribution in [-0.2, 0) is 0 Å². The summed E-state index contributed by atoms with van der Waals surface area (Å²) in [4.78, 5) is 4.83. The molecule has 1 aliphatic rings. The van der Waals surface area contributed by atoms with Gasteiger partial charge in [-0.15, -0.1) is 12.4 Å². The molecule has 0 unspecified atom stereocenters. The Morgan fingerprint density at radius 2 is 1.61 bits per heavy atom. The first-order chi connectivity index (χ1) is 10.9. The van der Waals surface area contributed by atoms with Crippen LogP contribution < -0.4 is 0 Å². The van der Waals surface area contributed by atoms with E-state index in [1.165, 1.54) is 36.9 Å². The number of rotatable bonds is 3. The predicted molar refractivity (Wildman–Crippen MR) is 99.3 cm³/mol. The van der Waals surface area contributed by atoms with Crippen LogP contribution >= 0.6 is 12.4 Å². The van der Waals surface area contributed by atoms with Crippen LogP contribution in [0, 0.1) is 5.92 Å². The third-order valence-electron chi connectivity index (χ3n) is 4.52. The summed E-state index contributed by atoms with van der Waals surface area (Å²) in [6.07, 6.45) is 9.94. The molecule has 118 valence electrons. The van der Waals surface area contributed by atoms with E-state index in [1.807, 2.05) is 0 Å². The number of nitrogens with zero attached hydrogens (tertiary/aromatic N) is 2. The molecule has 3 heteroatoms. The van der Waals surface area contributed by atoms with Gasteiger partial charge in [0.25, 0.3) is 0 Å². The molecule has 0 bridgehead atoms. The Labute approximate surface area is 143 Å². The number of imidazole rings is 1. The summed E-state index contributed by atoms with van der Waals surface area (Å²) in [6, 6.07) is 18.8. The molecular weight excluding hydrogens is 304 g/mol. The Kier molecular flexibility index (Phi) is 4.82. The van der Waals surface area contributed by atoms with Crippen molar-refractivity contribution in [2.75, 3.05) is 0 Å². The standard InChI is InChI=1S/C20H20N2.ClH/c1-2-10-17(11-3-1)22-19-13-7-6-12-18(19)21-20(22)15-14-16-8-4-5-9-16;/h1-3,6-7,10-16H,4-5,8-9H2;1H/b15-14+;. The summed E-state index contributed by atoms with van der Waals surface area (Å²) in [5.74, 6) is 1.75. The van der Waals surface area contributed by atoms with Gasteiger partial charge in [-0.1, -0.05) is 49.2 Å². The number of hydrogen-bond donors (Lipinski definition) is 0. The predicted octanol–water partition coefficient (Wildman–Crippen LogP) is 5.65. The van der Waals surface area contributed by atoms with E-state index < -0.39 is 0 Å². The maximum Gasteiger partial charge on any atom is 0.138 e. The van der Waals surface area contributed by atoms with Crippen LogP contribution in [0.5, 0.6) is 0 Å². The molecule has 2 nitrogen and oxygen atoms in total. The van der Waals surface area contributed by atoms with E-state index in [2.05, 4.69) is 71.3 Å². The molecule has 0 saturated heterocycles. The molecule has 0 amide bonds. The minimum atomic E-state index is 0. The highest BCUT2D eigenvalue weighted by Crippen LogP contribution is 2.27. The average molecular weight is 325 g/mol. The topological polar surface area (TPSA) is 17.8 Å². The molecule has 0 aliphatic heterocycles. The number of fused-ring (bicyclic) bond motifs is 1. The number of hydrogen-bond acceptors (Lipinski definition) is 1. The zero-order valence-electron chi connectivity index (χ0n) is 13.1. The first-order valence-corrected chi connectivity index (χ1v) is 8.13. The van der Waals surface area contributed by atoms with Crippen molar-refractivity contribution in [3.63, 3.8) is 0 Å². The van der Waals surface area contributed by atoms with Crippen molar-refractivity contribution < 1.29 is 0 Å². The van der Waals surface area contributed by atoms with Crippen LogP contribution in [0.3, 0.4) is 0 Å². The zero-order chi connectivity index (χ0) is 14.8. The lowest BCUT2D eigenvalue weighted by Crippen LogP contribution is -1.97. The zero-order valence-corrected chi connectivity index (χ0v) is 13.9. The molecule has 1 aliphatic carbocycles. The van der Waals surface area contributed by atoms with Gasteiger partial charge in [0.2, 0.25) is 0 Å². The van der Waals surface area contributed by atoms with Crippen LogP contribution in [0.15, 0.2) is 60.7 Å². The normalized spacial score (nSPS) is 15.3. The minimum absolute atomic E-state index is 0. The van der Waals surface area contributed by atoms with Crippen molar-refractivity contribution >= 4 is 29.5 Å². The smallest absolute Gasteiger partial charge is 0.138 e. The molecule has 1 fully saturated rings. The van der Waals surface area contributed by atoms with E-state index in [-0.39, 0.29) is 12.4 Å². The fourth-order valence-electron chi connectivity index (χ4n) is 3.38. The highest BCUT2D eigenvalue weighted by Gasteiger charge is 2.13. The van der Waals surface area contributed by atoms with Crippen LogP contribution in [-0.4, -0.2) is 9.55 Å². The molecule has 23 heavy (non-hydrogen) atoms. The van der Waals surface area contributed by atoms with E-state index in [1.54, 1.807) is 0 Å². The highest BCUT2D eigenvalue weighted by molar-refractivity contribution is 5.85. The summed E-state index contributed by atoms with van der Waals surface area (Å²) in [7, 11) is 0. The Morgan fingerprint density at radius 1 is 0.913 bits per heavy atom. The average Bonchev–Trinajstić information content (AvgIpc) is 3.21. The lowest BCUT2D eigenvalue weighted by atomic mass is 10.1. The Balaban J connectivity index is 0.00000156. The van der Waals surface area contributed by atoms with E-state index >= 15 is 0 Å². The number of halogens is 1. The maximum atomic E-state index is 4.83. The minimum Gasteiger partial charge on any atom is -0.293 e. The van der Waals surface area contributed by atoms with Crippen molar-refractivity contribution in [2.45, 2.75) is 25.7 Å². The Morgan fingerprint density at radius 3 is 2.39 bits per heavy atom. The summed E-state index contributed by atoms with van der Waals surface area (Å²) in [5, 5.41) is 0. The number of aromatic nitrogens is 2. The molecular formula is C20H21ClN2. The highest BCUT2D eigenvalue weighted by atomic mass is 35.5. The van der Waals surface area contributed by atoms with Crippen LogP contribution in [0.25, 0.3) is 22.8 Å². The van der Waals surface area contributed by atoms with Gasteiger partial charge in [-0.3, -0.25) is 4.57 Å². The molecule has 0 radical (unpaired) electrons. The van der Waals surface area contributed by atoms with Crippen LogP contribution in [0.2, 0.25) is 0 Å². The maximum absolute atomic E-state index is 4.83. The number of allylic oxidation sites excluding steroid dienone is 1. The molecule has 2 aromatic carbocycles. The molecule has 1 aromatic heterocycles. The second kappa shape index (κ2) is 7.01. The molecule has 0 spiro atoms. The van der Waals surface area contributed by atoms with E-state index in [0.717, 1.165) is 17.3 Å². The largest absolute Gasteiger partial charge is 0.293 e. The third kappa shape index (κ3) is 3.18. The van der Waals surface area contributed by atoms with Crippen molar-refractivity contribution in [3.8, 4) is 5.69 Å². The van der Waals surface area contributed by atoms with E-state index in [0.29, 0.717) is 0 Å². The van der Waals surface area contributed by atoms with Gasteiger partial charge in [-0.2, -0.15) is 0 Å². The van der Waals surface area contributed by atoms with Gasteiger partial charge in [0, 0.05) is 5.69 Å². The van der Waals surface area contributed by atoms with Crippen molar-refractivity contribution in [1.29, 1.82) is 0 Å². The quantitative estimate of drug-likeness (QED) is 0.608. The lowest BCUT2D eigenvalue weighted by molar-refractivity contribution is 0.688. The first kappa shape index (κ1) is 15.8. The summed E-state index contributed by atoms with van der Waals surface area (Å²) in [5.41, 5.74) is 3.39. The summed E-state index contributed by atoms with van der Waals surface area (Å²) in [6.45, 7) is 0. The van der Waals surface area contributed by atoms with Gasteiger partial charge < -0.3 is 0 Å². The van der Waals surface area contributed by atoms with Crippen LogP contribution in [0.4, 0.5) is 0 Å². The van der Waals surface area contributed by atoms with Gasteiger partial charge in [-0.05, 0) is 49.1 Å². The summed E-state index contributed by atoms with van der Waals surface area (Å²) < 4.78 is 2.25. The van der Waals surface area contributed by atoms with Gasteiger partial charge in [-0.25, -0.2) is 4.98 Å². The third-order valence-corrected chi connectivity index (χ3v) is 4.52. The molecule has 0 N–H and O–H groups in total. The lowest BCUT2D eigenvalue weighted by Gasteiger charge is -2.07. The second-order valence-electron chi connectivity index (χ2n) is 6.03. The Bertz CT molecular complexity index is 799. The van der Waals surface area contributed by atoms with Crippen molar-refractivity contribution in [1.82, 2.24) is 9.55 Å². The molecule has 1 heterocycles. The van der Waals surface area contributed by atoms with Gasteiger partial charge in [0.1, 0.15) is 5.82 Å². The second-order valence-corrected chi connectivity index (χ2v) is 6.03. The SMILES string of the molecule is C(=C\C1CCCC1)/c1nc2ccccc2n1-c1ccccc1.Cl. The van der Waals surface area contributed by atoms with Crippen molar-refractivity contribution in [3.05, 3.63) is 66.5 Å². The first-order valence-electron chi connectivity index (χ1n) is 8.13. The number of para-hydroxylation sites is 3. The molecule has 1 saturated carbocycles.